The zero-order chi connectivity index (χ0) is 21.2. The normalized spacial score (nSPS) is 23.6. The zero-order valence-electron chi connectivity index (χ0n) is 16.3. The lowest BCUT2D eigenvalue weighted by Gasteiger charge is -2.35. The van der Waals surface area contributed by atoms with Crippen molar-refractivity contribution >= 4 is 33.6 Å². The SMILES string of the molecule is Cc1c(Cl)cccc1S(=O)(=O)N1CCC[C@H](NC(=O)[C@H]2CCCN(C(=O)O)C2)C1. The van der Waals surface area contributed by atoms with Crippen LogP contribution >= 0.6 is 11.6 Å². The van der Waals surface area contributed by atoms with Crippen molar-refractivity contribution in [3.63, 3.8) is 0 Å². The molecule has 2 atom stereocenters. The third-order valence-electron chi connectivity index (χ3n) is 5.63. The predicted molar refractivity (Wildman–Crippen MR) is 108 cm³/mol. The van der Waals surface area contributed by atoms with Crippen molar-refractivity contribution in [2.45, 2.75) is 43.5 Å². The van der Waals surface area contributed by atoms with Gasteiger partial charge in [-0.25, -0.2) is 13.2 Å². The van der Waals surface area contributed by atoms with E-state index in [0.29, 0.717) is 49.4 Å². The number of likely N-dealkylation sites (tertiary alicyclic amines) is 1. The summed E-state index contributed by atoms with van der Waals surface area (Å²) in [5, 5.41) is 12.5. The Morgan fingerprint density at radius 1 is 1.17 bits per heavy atom. The highest BCUT2D eigenvalue weighted by Crippen LogP contribution is 2.27. The van der Waals surface area contributed by atoms with E-state index in [-0.39, 0.29) is 29.9 Å². The van der Waals surface area contributed by atoms with Gasteiger partial charge in [0.25, 0.3) is 0 Å². The molecule has 0 unspecified atom stereocenters. The van der Waals surface area contributed by atoms with E-state index in [4.69, 9.17) is 16.7 Å². The minimum Gasteiger partial charge on any atom is -0.465 e. The van der Waals surface area contributed by atoms with Crippen molar-refractivity contribution in [3.05, 3.63) is 28.8 Å². The molecule has 2 N–H and O–H groups in total. The molecule has 0 aliphatic carbocycles. The van der Waals surface area contributed by atoms with Crippen LogP contribution in [0.4, 0.5) is 4.79 Å². The number of hydrogen-bond acceptors (Lipinski definition) is 4. The largest absolute Gasteiger partial charge is 0.465 e. The Hall–Kier alpha value is -1.84. The second-order valence-electron chi connectivity index (χ2n) is 7.64. The topological polar surface area (TPSA) is 107 Å². The van der Waals surface area contributed by atoms with Gasteiger partial charge < -0.3 is 15.3 Å². The number of hydrogen-bond donors (Lipinski definition) is 2. The van der Waals surface area contributed by atoms with Crippen molar-refractivity contribution in [3.8, 4) is 0 Å². The van der Waals surface area contributed by atoms with Gasteiger partial charge in [-0.2, -0.15) is 4.31 Å². The van der Waals surface area contributed by atoms with E-state index >= 15 is 0 Å². The molecule has 0 spiro atoms. The van der Waals surface area contributed by atoms with Crippen molar-refractivity contribution in [1.29, 1.82) is 0 Å². The number of nitrogens with zero attached hydrogens (tertiary/aromatic N) is 2. The summed E-state index contributed by atoms with van der Waals surface area (Å²) in [6.07, 6.45) is 1.57. The molecule has 2 heterocycles. The monoisotopic (exact) mass is 443 g/mol. The molecule has 0 saturated carbocycles. The third kappa shape index (κ3) is 4.84. The Labute approximate surface area is 175 Å². The minimum absolute atomic E-state index is 0.178. The lowest BCUT2D eigenvalue weighted by atomic mass is 9.96. The van der Waals surface area contributed by atoms with Gasteiger partial charge in [-0.1, -0.05) is 17.7 Å². The molecule has 2 saturated heterocycles. The first-order chi connectivity index (χ1) is 13.7. The molecule has 8 nitrogen and oxygen atoms in total. The van der Waals surface area contributed by atoms with Gasteiger partial charge in [-0.15, -0.1) is 0 Å². The van der Waals surface area contributed by atoms with Crippen LogP contribution in [0.5, 0.6) is 0 Å². The van der Waals surface area contributed by atoms with Gasteiger partial charge in [-0.3, -0.25) is 4.79 Å². The summed E-state index contributed by atoms with van der Waals surface area (Å²) >= 11 is 6.09. The Balaban J connectivity index is 1.67. The van der Waals surface area contributed by atoms with Gasteiger partial charge in [0.1, 0.15) is 0 Å². The molecule has 29 heavy (non-hydrogen) atoms. The molecule has 1 aromatic rings. The van der Waals surface area contributed by atoms with Crippen LogP contribution in [0.2, 0.25) is 5.02 Å². The first-order valence-corrected chi connectivity index (χ1v) is 11.6. The van der Waals surface area contributed by atoms with E-state index in [0.717, 1.165) is 0 Å². The van der Waals surface area contributed by atoms with Crippen LogP contribution in [0.15, 0.2) is 23.1 Å². The first-order valence-electron chi connectivity index (χ1n) is 9.73. The lowest BCUT2D eigenvalue weighted by molar-refractivity contribution is -0.127. The van der Waals surface area contributed by atoms with Gasteiger partial charge >= 0.3 is 6.09 Å². The second kappa shape index (κ2) is 8.89. The van der Waals surface area contributed by atoms with Crippen LogP contribution in [-0.2, 0) is 14.8 Å². The van der Waals surface area contributed by atoms with E-state index in [1.165, 1.54) is 9.21 Å². The maximum Gasteiger partial charge on any atom is 0.407 e. The molecule has 2 aliphatic rings. The zero-order valence-corrected chi connectivity index (χ0v) is 17.9. The number of carboxylic acid groups (broad SMARTS) is 1. The highest BCUT2D eigenvalue weighted by molar-refractivity contribution is 7.89. The van der Waals surface area contributed by atoms with Crippen LogP contribution in [0.3, 0.4) is 0 Å². The molecule has 3 rings (SSSR count). The van der Waals surface area contributed by atoms with Crippen LogP contribution < -0.4 is 5.32 Å². The number of carbonyl (C=O) groups is 2. The fraction of sp³-hybridized carbons (Fsp3) is 0.579. The molecule has 0 aromatic heterocycles. The average Bonchev–Trinajstić information content (AvgIpc) is 2.70. The Morgan fingerprint density at radius 3 is 2.62 bits per heavy atom. The lowest BCUT2D eigenvalue weighted by Crippen LogP contribution is -2.52. The number of carbonyl (C=O) groups excluding carboxylic acids is 1. The molecule has 0 radical (unpaired) electrons. The van der Waals surface area contributed by atoms with Gasteiger partial charge in [0.05, 0.1) is 10.8 Å². The fourth-order valence-corrected chi connectivity index (χ4v) is 5.97. The number of rotatable bonds is 4. The summed E-state index contributed by atoms with van der Waals surface area (Å²) in [5.41, 5.74) is 0.510. The summed E-state index contributed by atoms with van der Waals surface area (Å²) in [4.78, 5) is 25.2. The molecule has 2 amide bonds. The third-order valence-corrected chi connectivity index (χ3v) is 8.05. The van der Waals surface area contributed by atoms with E-state index in [9.17, 15) is 18.0 Å². The average molecular weight is 444 g/mol. The molecule has 2 aliphatic heterocycles. The number of sulfonamides is 1. The van der Waals surface area contributed by atoms with Gasteiger partial charge in [0, 0.05) is 37.2 Å². The molecular formula is C19H26ClN3O5S. The summed E-state index contributed by atoms with van der Waals surface area (Å²) in [7, 11) is -3.72. The molecule has 2 fully saturated rings. The van der Waals surface area contributed by atoms with Crippen LogP contribution in [0.25, 0.3) is 0 Å². The minimum atomic E-state index is -3.72. The van der Waals surface area contributed by atoms with Crippen LogP contribution in [0, 0.1) is 12.8 Å². The van der Waals surface area contributed by atoms with Gasteiger partial charge in [0.15, 0.2) is 0 Å². The summed E-state index contributed by atoms with van der Waals surface area (Å²) in [5.74, 6) is -0.610. The van der Waals surface area contributed by atoms with Crippen LogP contribution in [-0.4, -0.2) is 67.0 Å². The van der Waals surface area contributed by atoms with Crippen LogP contribution in [0.1, 0.15) is 31.2 Å². The first kappa shape index (κ1) is 21.9. The number of halogens is 1. The smallest absolute Gasteiger partial charge is 0.407 e. The number of amides is 2. The standard InChI is InChI=1S/C19H26ClN3O5S/c1-13-16(20)7-2-8-17(13)29(27,28)23-10-4-6-15(12-23)21-18(24)14-5-3-9-22(11-14)19(25)26/h2,7-8,14-15H,3-6,9-12H2,1H3,(H,21,24)(H,25,26)/t14-,15-/m0/s1. The summed E-state index contributed by atoms with van der Waals surface area (Å²) in [6.45, 7) is 2.87. The van der Waals surface area contributed by atoms with Crippen molar-refractivity contribution in [1.82, 2.24) is 14.5 Å². The van der Waals surface area contributed by atoms with Gasteiger partial charge in [0.2, 0.25) is 15.9 Å². The summed E-state index contributed by atoms with van der Waals surface area (Å²) < 4.78 is 27.6. The maximum absolute atomic E-state index is 13.1. The molecule has 0 bridgehead atoms. The quantitative estimate of drug-likeness (QED) is 0.742. The van der Waals surface area contributed by atoms with Gasteiger partial charge in [-0.05, 0) is 50.3 Å². The summed E-state index contributed by atoms with van der Waals surface area (Å²) in [6, 6.07) is 4.51. The Bertz CT molecular complexity index is 892. The maximum atomic E-state index is 13.1. The number of nitrogens with one attached hydrogen (secondary N) is 1. The second-order valence-corrected chi connectivity index (χ2v) is 9.96. The van der Waals surface area contributed by atoms with E-state index < -0.39 is 22.0 Å². The number of benzene rings is 1. The van der Waals surface area contributed by atoms with E-state index in [1.807, 2.05) is 0 Å². The Morgan fingerprint density at radius 2 is 1.90 bits per heavy atom. The predicted octanol–water partition coefficient (Wildman–Crippen LogP) is 2.31. The molecule has 1 aromatic carbocycles. The van der Waals surface area contributed by atoms with Crippen molar-refractivity contribution < 1.29 is 23.1 Å². The molecular weight excluding hydrogens is 418 g/mol. The number of piperidine rings is 2. The van der Waals surface area contributed by atoms with Crippen molar-refractivity contribution in [2.75, 3.05) is 26.2 Å². The van der Waals surface area contributed by atoms with E-state index in [2.05, 4.69) is 5.32 Å². The fourth-order valence-electron chi connectivity index (χ4n) is 3.97. The van der Waals surface area contributed by atoms with E-state index in [1.54, 1.807) is 25.1 Å². The highest BCUT2D eigenvalue weighted by atomic mass is 35.5. The van der Waals surface area contributed by atoms with Crippen molar-refractivity contribution in [2.24, 2.45) is 5.92 Å². The molecule has 10 heteroatoms. The Kier molecular flexibility index (Phi) is 6.70. The highest BCUT2D eigenvalue weighted by Gasteiger charge is 2.34. The molecule has 160 valence electrons.